The van der Waals surface area contributed by atoms with Gasteiger partial charge in [-0.3, -0.25) is 4.79 Å². The summed E-state index contributed by atoms with van der Waals surface area (Å²) in [5.41, 5.74) is 3.47. The first-order valence-corrected chi connectivity index (χ1v) is 32.2. The van der Waals surface area contributed by atoms with Crippen molar-refractivity contribution in [3.63, 3.8) is 0 Å². The first-order chi connectivity index (χ1) is 26.0. The fourth-order valence-corrected chi connectivity index (χ4v) is 14.2. The number of ether oxygens (including phenoxy) is 1. The van der Waals surface area contributed by atoms with Gasteiger partial charge in [0.2, 0.25) is 0 Å². The Balaban J connectivity index is 1.61. The summed E-state index contributed by atoms with van der Waals surface area (Å²) in [5.74, 6) is 1.83. The van der Waals surface area contributed by atoms with Crippen molar-refractivity contribution in [2.45, 2.75) is 226 Å². The topological polar surface area (TPSA) is 54.0 Å². The van der Waals surface area contributed by atoms with Crippen LogP contribution in [0.1, 0.15) is 158 Å². The number of hydrogen-bond donors (Lipinski definition) is 0. The molecular formula is C48H86O5SSi3. The Morgan fingerprint density at radius 2 is 1.39 bits per heavy atom. The van der Waals surface area contributed by atoms with E-state index >= 15 is 0 Å². The van der Waals surface area contributed by atoms with E-state index in [2.05, 4.69) is 145 Å². The molecule has 326 valence electrons. The summed E-state index contributed by atoms with van der Waals surface area (Å²) in [6, 6.07) is 4.16. The van der Waals surface area contributed by atoms with Gasteiger partial charge in [0.15, 0.2) is 25.0 Å². The lowest BCUT2D eigenvalue weighted by Gasteiger charge is -2.51. The van der Waals surface area contributed by atoms with Crippen LogP contribution in [0.25, 0.3) is 0 Å². The van der Waals surface area contributed by atoms with Crippen molar-refractivity contribution in [1.29, 1.82) is 0 Å². The van der Waals surface area contributed by atoms with Gasteiger partial charge in [0.05, 0.1) is 18.3 Å². The monoisotopic (exact) mass is 859 g/mol. The van der Waals surface area contributed by atoms with Crippen molar-refractivity contribution >= 4 is 42.3 Å². The molecule has 3 aliphatic rings. The predicted molar refractivity (Wildman–Crippen MR) is 252 cm³/mol. The molecule has 0 radical (unpaired) electrons. The molecule has 1 aromatic rings. The van der Waals surface area contributed by atoms with Gasteiger partial charge in [-0.15, -0.1) is 11.3 Å². The molecule has 0 spiro atoms. The standard InChI is InChI=1S/C48H86O5SSi3/c1-34(22-19-24-40(50-35(2)49)43-25-21-31-54-43)38-28-29-39-37(23-20-30-48(38,39)12)27-26-36-32-41(51-55(13,14)45(3,4)5)44(53-57(17,18)47(9,10)11)42(33-36)52-56(15,16)46(6,7)8/h21,25-27,31,34,38-42,44H,19-20,22-24,28-30,32-33H2,1-18H3/b36-26?,37-27+/t34-,38-,39+,40?,41-,42-,44?,48-/m1/s1. The third kappa shape index (κ3) is 11.8. The van der Waals surface area contributed by atoms with Crippen molar-refractivity contribution in [2.75, 3.05) is 0 Å². The summed E-state index contributed by atoms with van der Waals surface area (Å²) in [7, 11) is -6.38. The Labute approximate surface area is 358 Å². The third-order valence-corrected chi connectivity index (χ3v) is 30.4. The summed E-state index contributed by atoms with van der Waals surface area (Å²) in [6.07, 6.45) is 16.2. The predicted octanol–water partition coefficient (Wildman–Crippen LogP) is 15.2. The van der Waals surface area contributed by atoms with Crippen molar-refractivity contribution < 1.29 is 22.8 Å². The molecule has 0 aliphatic heterocycles. The Hall–Kier alpha value is -0.819. The summed E-state index contributed by atoms with van der Waals surface area (Å²) >= 11 is 1.69. The number of thiophene rings is 1. The van der Waals surface area contributed by atoms with Crippen LogP contribution in [0.3, 0.4) is 0 Å². The van der Waals surface area contributed by atoms with Crippen LogP contribution in [0.5, 0.6) is 0 Å². The highest BCUT2D eigenvalue weighted by Crippen LogP contribution is 2.60. The van der Waals surface area contributed by atoms with E-state index in [9.17, 15) is 4.79 Å². The smallest absolute Gasteiger partial charge is 0.303 e. The molecule has 3 aliphatic carbocycles. The number of hydrogen-bond acceptors (Lipinski definition) is 6. The van der Waals surface area contributed by atoms with E-state index in [4.69, 9.17) is 18.0 Å². The SMILES string of the molecule is CC(=O)OC(CCC[C@@H](C)[C@H]1CC[C@H]2/C(=C/C=C3C[C@@H](O[Si](C)(C)C(C)(C)C)C(O[Si](C)(C)C(C)(C)C)[C@H](O[Si](C)(C)C(C)(C)C)C3)CCC[C@]12C)c1cccs1. The Bertz CT molecular complexity index is 1500. The van der Waals surface area contributed by atoms with Crippen LogP contribution in [-0.4, -0.2) is 49.2 Å². The Morgan fingerprint density at radius 1 is 0.842 bits per heavy atom. The molecule has 7 atom stereocenters. The largest absolute Gasteiger partial charge is 0.457 e. The van der Waals surface area contributed by atoms with E-state index in [1.807, 2.05) is 0 Å². The molecule has 0 saturated heterocycles. The summed E-state index contributed by atoms with van der Waals surface area (Å²) in [5, 5.41) is 2.38. The average Bonchev–Trinajstić information content (AvgIpc) is 3.71. The summed E-state index contributed by atoms with van der Waals surface area (Å²) in [4.78, 5) is 13.1. The Kier molecular flexibility index (Phi) is 15.6. The zero-order chi connectivity index (χ0) is 43.0. The fourth-order valence-electron chi connectivity index (χ4n) is 9.40. The number of carbonyl (C=O) groups excluding carboxylic acids is 1. The van der Waals surface area contributed by atoms with Gasteiger partial charge < -0.3 is 18.0 Å². The molecule has 5 nitrogen and oxygen atoms in total. The van der Waals surface area contributed by atoms with Gasteiger partial charge in [-0.2, -0.15) is 0 Å². The van der Waals surface area contributed by atoms with Crippen LogP contribution in [0.2, 0.25) is 54.4 Å². The second-order valence-electron chi connectivity index (χ2n) is 23.3. The molecule has 0 bridgehead atoms. The van der Waals surface area contributed by atoms with Crippen LogP contribution in [0, 0.1) is 23.2 Å². The molecular weight excluding hydrogens is 773 g/mol. The zero-order valence-corrected chi connectivity index (χ0v) is 43.8. The molecule has 9 heteroatoms. The number of rotatable bonds is 14. The van der Waals surface area contributed by atoms with E-state index in [1.54, 1.807) is 16.9 Å². The fraction of sp³-hybridized carbons (Fsp3) is 0.812. The molecule has 0 N–H and O–H groups in total. The molecule has 1 aromatic heterocycles. The summed E-state index contributed by atoms with van der Waals surface area (Å²) in [6.45, 7) is 42.3. The zero-order valence-electron chi connectivity index (χ0n) is 39.9. The van der Waals surface area contributed by atoms with Gasteiger partial charge in [-0.1, -0.05) is 112 Å². The lowest BCUT2D eigenvalue weighted by atomic mass is 9.60. The van der Waals surface area contributed by atoms with E-state index in [-0.39, 0.29) is 45.5 Å². The second-order valence-corrected chi connectivity index (χ2v) is 38.5. The van der Waals surface area contributed by atoms with Gasteiger partial charge in [-0.25, -0.2) is 0 Å². The van der Waals surface area contributed by atoms with Crippen molar-refractivity contribution in [2.24, 2.45) is 23.2 Å². The lowest BCUT2D eigenvalue weighted by Crippen LogP contribution is -2.59. The van der Waals surface area contributed by atoms with Crippen molar-refractivity contribution in [1.82, 2.24) is 0 Å². The number of esters is 1. The van der Waals surface area contributed by atoms with E-state index < -0.39 is 25.0 Å². The first-order valence-electron chi connectivity index (χ1n) is 22.6. The minimum absolute atomic E-state index is 0.0261. The van der Waals surface area contributed by atoms with Crippen LogP contribution < -0.4 is 0 Å². The van der Waals surface area contributed by atoms with Crippen LogP contribution in [0.15, 0.2) is 40.8 Å². The highest BCUT2D eigenvalue weighted by Gasteiger charge is 2.52. The van der Waals surface area contributed by atoms with Crippen LogP contribution in [0.4, 0.5) is 0 Å². The van der Waals surface area contributed by atoms with Gasteiger partial charge >= 0.3 is 5.97 Å². The number of fused-ring (bicyclic) bond motifs is 1. The minimum Gasteiger partial charge on any atom is -0.457 e. The third-order valence-electron chi connectivity index (χ3n) is 16.0. The lowest BCUT2D eigenvalue weighted by molar-refractivity contribution is -0.147. The highest BCUT2D eigenvalue weighted by atomic mass is 32.1. The summed E-state index contributed by atoms with van der Waals surface area (Å²) < 4.78 is 28.2. The number of allylic oxidation sites excluding steroid dienone is 3. The molecule has 0 amide bonds. The van der Waals surface area contributed by atoms with E-state index in [0.29, 0.717) is 17.3 Å². The van der Waals surface area contributed by atoms with Crippen molar-refractivity contribution in [3.8, 4) is 0 Å². The van der Waals surface area contributed by atoms with Gasteiger partial charge in [0, 0.05) is 11.8 Å². The van der Waals surface area contributed by atoms with Gasteiger partial charge in [-0.05, 0) is 147 Å². The average molecular weight is 860 g/mol. The van der Waals surface area contributed by atoms with E-state index in [0.717, 1.165) is 36.5 Å². The molecule has 3 saturated carbocycles. The minimum atomic E-state index is -2.14. The maximum absolute atomic E-state index is 11.9. The highest BCUT2D eigenvalue weighted by molar-refractivity contribution is 7.10. The molecule has 1 heterocycles. The molecule has 3 fully saturated rings. The maximum Gasteiger partial charge on any atom is 0.303 e. The van der Waals surface area contributed by atoms with E-state index in [1.165, 1.54) is 51.0 Å². The van der Waals surface area contributed by atoms with Gasteiger partial charge in [0.25, 0.3) is 0 Å². The van der Waals surface area contributed by atoms with Gasteiger partial charge in [0.1, 0.15) is 6.10 Å². The van der Waals surface area contributed by atoms with Crippen LogP contribution in [-0.2, 0) is 22.8 Å². The second kappa shape index (κ2) is 18.3. The normalized spacial score (nSPS) is 28.6. The maximum atomic E-state index is 11.9. The molecule has 4 rings (SSSR count). The quantitative estimate of drug-likeness (QED) is 0.138. The van der Waals surface area contributed by atoms with Crippen LogP contribution >= 0.6 is 11.3 Å². The molecule has 1 unspecified atom stereocenters. The molecule has 0 aromatic carbocycles. The van der Waals surface area contributed by atoms with Crippen molar-refractivity contribution in [3.05, 3.63) is 45.7 Å². The molecule has 57 heavy (non-hydrogen) atoms. The first kappa shape index (κ1) is 48.8. The Morgan fingerprint density at radius 3 is 1.88 bits per heavy atom. The number of carbonyl (C=O) groups is 1.